The summed E-state index contributed by atoms with van der Waals surface area (Å²) < 4.78 is 10.5. The van der Waals surface area contributed by atoms with E-state index in [2.05, 4.69) is 31.7 Å². The molecule has 1 fully saturated rings. The number of anilines is 1. The fraction of sp³-hybridized carbons (Fsp3) is 0.304. The number of benzene rings is 1. The zero-order chi connectivity index (χ0) is 22.5. The molecule has 0 radical (unpaired) electrons. The number of H-pyrrole nitrogens is 1. The topological polar surface area (TPSA) is 109 Å². The first-order valence-electron chi connectivity index (χ1n) is 10.5. The molecule has 4 rings (SSSR count). The summed E-state index contributed by atoms with van der Waals surface area (Å²) in [5.74, 6) is -0.686. The molecule has 0 unspecified atom stereocenters. The van der Waals surface area contributed by atoms with E-state index in [1.165, 1.54) is 6.33 Å². The second-order valence-electron chi connectivity index (χ2n) is 7.40. The van der Waals surface area contributed by atoms with Crippen LogP contribution in [0.5, 0.6) is 0 Å². The Morgan fingerprint density at radius 3 is 2.88 bits per heavy atom. The number of hydrogen-bond donors (Lipinski definition) is 2. The summed E-state index contributed by atoms with van der Waals surface area (Å²) in [5, 5.41) is 3.48. The van der Waals surface area contributed by atoms with Crippen molar-refractivity contribution in [2.24, 2.45) is 0 Å². The van der Waals surface area contributed by atoms with Crippen LogP contribution in [0, 0.1) is 0 Å². The van der Waals surface area contributed by atoms with Gasteiger partial charge in [-0.3, -0.25) is 9.69 Å². The molecule has 0 aliphatic carbocycles. The molecule has 166 valence electrons. The van der Waals surface area contributed by atoms with Crippen molar-refractivity contribution >= 4 is 28.6 Å². The van der Waals surface area contributed by atoms with E-state index in [1.807, 2.05) is 18.2 Å². The first-order chi connectivity index (χ1) is 15.6. The summed E-state index contributed by atoms with van der Waals surface area (Å²) in [7, 11) is 0. The summed E-state index contributed by atoms with van der Waals surface area (Å²) in [5.41, 5.74) is 3.30. The molecule has 3 heterocycles. The van der Waals surface area contributed by atoms with E-state index in [0.29, 0.717) is 53.3 Å². The molecule has 9 heteroatoms. The Morgan fingerprint density at radius 2 is 2.09 bits per heavy atom. The van der Waals surface area contributed by atoms with E-state index in [1.54, 1.807) is 19.2 Å². The Bertz CT molecular complexity index is 1150. The van der Waals surface area contributed by atoms with Crippen LogP contribution in [0.1, 0.15) is 17.3 Å². The van der Waals surface area contributed by atoms with Crippen LogP contribution < -0.4 is 5.32 Å². The molecule has 3 aromatic rings. The van der Waals surface area contributed by atoms with Crippen LogP contribution in [0.15, 0.2) is 48.9 Å². The van der Waals surface area contributed by atoms with Crippen molar-refractivity contribution in [2.75, 3.05) is 44.8 Å². The Kier molecular flexibility index (Phi) is 6.58. The normalized spacial score (nSPS) is 14.3. The van der Waals surface area contributed by atoms with Gasteiger partial charge in [0.15, 0.2) is 0 Å². The van der Waals surface area contributed by atoms with Crippen molar-refractivity contribution in [2.45, 2.75) is 6.92 Å². The second-order valence-corrected chi connectivity index (χ2v) is 7.40. The number of rotatable bonds is 7. The molecule has 1 aliphatic rings. The minimum absolute atomic E-state index is 0.240. The lowest BCUT2D eigenvalue weighted by Gasteiger charge is -2.26. The van der Waals surface area contributed by atoms with Gasteiger partial charge in [-0.25, -0.2) is 14.8 Å². The maximum atomic E-state index is 12.7. The first-order valence-corrected chi connectivity index (χ1v) is 10.5. The minimum Gasteiger partial charge on any atom is -0.462 e. The van der Waals surface area contributed by atoms with Gasteiger partial charge in [-0.1, -0.05) is 18.7 Å². The highest BCUT2D eigenvalue weighted by atomic mass is 16.5. The third-order valence-electron chi connectivity index (χ3n) is 5.20. The van der Waals surface area contributed by atoms with Gasteiger partial charge in [0.2, 0.25) is 0 Å². The van der Waals surface area contributed by atoms with Gasteiger partial charge in [-0.15, -0.1) is 0 Å². The predicted molar refractivity (Wildman–Crippen MR) is 120 cm³/mol. The number of nitrogens with one attached hydrogen (secondary N) is 2. The lowest BCUT2D eigenvalue weighted by atomic mass is 10.1. The fourth-order valence-electron chi connectivity index (χ4n) is 3.62. The quantitative estimate of drug-likeness (QED) is 0.434. The average molecular weight is 435 g/mol. The smallest absolute Gasteiger partial charge is 0.340 e. The van der Waals surface area contributed by atoms with Crippen molar-refractivity contribution in [1.29, 1.82) is 0 Å². The van der Waals surface area contributed by atoms with Gasteiger partial charge in [-0.2, -0.15) is 0 Å². The summed E-state index contributed by atoms with van der Waals surface area (Å²) in [6.45, 7) is 9.35. The van der Waals surface area contributed by atoms with Gasteiger partial charge in [-0.05, 0) is 19.1 Å². The number of esters is 1. The molecule has 1 amide bonds. The summed E-state index contributed by atoms with van der Waals surface area (Å²) >= 11 is 0. The average Bonchev–Trinajstić information content (AvgIpc) is 3.24. The van der Waals surface area contributed by atoms with Crippen LogP contribution >= 0.6 is 0 Å². The number of carbonyl (C=O) groups is 2. The maximum absolute atomic E-state index is 12.7. The molecule has 0 atom stereocenters. The number of carbonyl (C=O) groups excluding carboxylic acids is 2. The molecule has 32 heavy (non-hydrogen) atoms. The highest BCUT2D eigenvalue weighted by molar-refractivity contribution is 6.08. The van der Waals surface area contributed by atoms with Gasteiger partial charge in [0.05, 0.1) is 36.5 Å². The van der Waals surface area contributed by atoms with Crippen molar-refractivity contribution < 1.29 is 19.1 Å². The SMILES string of the molecule is C=C(CN1CCOCC1)C(=O)Nc1cccc(-c2ncnc3[nH]cc(C(=O)OCC)c23)c1. The molecule has 2 aromatic heterocycles. The highest BCUT2D eigenvalue weighted by Crippen LogP contribution is 2.30. The molecule has 0 saturated carbocycles. The van der Waals surface area contributed by atoms with Crippen molar-refractivity contribution in [3.05, 3.63) is 54.5 Å². The first kappa shape index (κ1) is 21.7. The molecule has 1 saturated heterocycles. The van der Waals surface area contributed by atoms with Gasteiger partial charge >= 0.3 is 5.97 Å². The molecule has 9 nitrogen and oxygen atoms in total. The number of aromatic nitrogens is 3. The number of morpholine rings is 1. The van der Waals surface area contributed by atoms with Gasteiger partial charge in [0.1, 0.15) is 12.0 Å². The Labute approximate surface area is 185 Å². The van der Waals surface area contributed by atoms with Crippen molar-refractivity contribution in [3.63, 3.8) is 0 Å². The predicted octanol–water partition coefficient (Wildman–Crippen LogP) is 2.63. The van der Waals surface area contributed by atoms with E-state index in [-0.39, 0.29) is 12.5 Å². The highest BCUT2D eigenvalue weighted by Gasteiger charge is 2.20. The van der Waals surface area contributed by atoms with E-state index in [4.69, 9.17) is 9.47 Å². The van der Waals surface area contributed by atoms with Crippen LogP contribution in [0.4, 0.5) is 5.69 Å². The van der Waals surface area contributed by atoms with Crippen molar-refractivity contribution in [3.8, 4) is 11.3 Å². The Balaban J connectivity index is 1.56. The maximum Gasteiger partial charge on any atom is 0.340 e. The van der Waals surface area contributed by atoms with Crippen LogP contribution in [-0.2, 0) is 14.3 Å². The third kappa shape index (κ3) is 4.68. The van der Waals surface area contributed by atoms with Crippen LogP contribution in [0.2, 0.25) is 0 Å². The number of ether oxygens (including phenoxy) is 2. The Morgan fingerprint density at radius 1 is 1.28 bits per heavy atom. The molecule has 1 aliphatic heterocycles. The van der Waals surface area contributed by atoms with Crippen molar-refractivity contribution in [1.82, 2.24) is 19.9 Å². The molecule has 1 aromatic carbocycles. The monoisotopic (exact) mass is 435 g/mol. The zero-order valence-electron chi connectivity index (χ0n) is 17.9. The summed E-state index contributed by atoms with van der Waals surface area (Å²) in [6, 6.07) is 7.29. The molecular formula is C23H25N5O4. The lowest BCUT2D eigenvalue weighted by Crippen LogP contribution is -2.38. The van der Waals surface area contributed by atoms with Gasteiger partial charge in [0.25, 0.3) is 5.91 Å². The number of fused-ring (bicyclic) bond motifs is 1. The summed E-state index contributed by atoms with van der Waals surface area (Å²) in [6.07, 6.45) is 3.00. The molecule has 0 bridgehead atoms. The zero-order valence-corrected chi connectivity index (χ0v) is 17.9. The van der Waals surface area contributed by atoms with Crippen LogP contribution in [0.25, 0.3) is 22.3 Å². The lowest BCUT2D eigenvalue weighted by molar-refractivity contribution is -0.113. The Hall–Kier alpha value is -3.56. The molecule has 2 N–H and O–H groups in total. The van der Waals surface area contributed by atoms with Gasteiger partial charge < -0.3 is 19.8 Å². The fourth-order valence-corrected chi connectivity index (χ4v) is 3.62. The third-order valence-corrected chi connectivity index (χ3v) is 5.20. The number of amides is 1. The summed E-state index contributed by atoms with van der Waals surface area (Å²) in [4.78, 5) is 38.8. The van der Waals surface area contributed by atoms with Crippen LogP contribution in [-0.4, -0.2) is 71.2 Å². The van der Waals surface area contributed by atoms with E-state index < -0.39 is 5.97 Å². The largest absolute Gasteiger partial charge is 0.462 e. The molecule has 0 spiro atoms. The number of hydrogen-bond acceptors (Lipinski definition) is 7. The number of nitrogens with zero attached hydrogens (tertiary/aromatic N) is 3. The second kappa shape index (κ2) is 9.71. The van der Waals surface area contributed by atoms with Gasteiger partial charge in [0, 0.05) is 42.7 Å². The van der Waals surface area contributed by atoms with E-state index >= 15 is 0 Å². The minimum atomic E-state index is -0.446. The number of aromatic amines is 1. The van der Waals surface area contributed by atoms with Crippen LogP contribution in [0.3, 0.4) is 0 Å². The standard InChI is InChI=1S/C23H25N5O4/c1-3-32-23(30)18-12-24-21-19(18)20(25-14-26-21)16-5-4-6-17(11-16)27-22(29)15(2)13-28-7-9-31-10-8-28/h4-6,11-12,14H,2-3,7-10,13H2,1H3,(H,27,29)(H,24,25,26). The molecular weight excluding hydrogens is 410 g/mol. The van der Waals surface area contributed by atoms with E-state index in [9.17, 15) is 9.59 Å². The van der Waals surface area contributed by atoms with E-state index in [0.717, 1.165) is 18.7 Å².